The molecule has 3 heterocycles. The van der Waals surface area contributed by atoms with Gasteiger partial charge in [-0.05, 0) is 57.0 Å². The summed E-state index contributed by atoms with van der Waals surface area (Å²) < 4.78 is 27.7. The molecule has 4 rings (SSSR count). The second-order valence-electron chi connectivity index (χ2n) is 8.73. The van der Waals surface area contributed by atoms with Gasteiger partial charge in [-0.2, -0.15) is 4.31 Å². The molecule has 0 spiro atoms. The molecule has 0 bridgehead atoms. The fourth-order valence-corrected chi connectivity index (χ4v) is 6.16. The van der Waals surface area contributed by atoms with Gasteiger partial charge in [0.05, 0.1) is 10.5 Å². The highest BCUT2D eigenvalue weighted by molar-refractivity contribution is 7.89. The number of hydrogen-bond acceptors (Lipinski definition) is 5. The van der Waals surface area contributed by atoms with E-state index in [1.807, 2.05) is 0 Å². The Labute approximate surface area is 189 Å². The minimum Gasteiger partial charge on any atom is -0.351 e. The highest BCUT2D eigenvalue weighted by Crippen LogP contribution is 2.25. The number of benzene rings is 1. The molecule has 0 saturated carbocycles. The number of likely N-dealkylation sites (tertiary alicyclic amines) is 1. The van der Waals surface area contributed by atoms with E-state index in [1.54, 1.807) is 6.07 Å². The molecule has 2 saturated heterocycles. The molecule has 32 heavy (non-hydrogen) atoms. The van der Waals surface area contributed by atoms with E-state index < -0.39 is 10.0 Å². The van der Waals surface area contributed by atoms with Gasteiger partial charge >= 0.3 is 0 Å². The molecule has 1 aromatic carbocycles. The third kappa shape index (κ3) is 5.22. The Morgan fingerprint density at radius 3 is 2.31 bits per heavy atom. The van der Waals surface area contributed by atoms with Crippen molar-refractivity contribution in [2.24, 2.45) is 0 Å². The quantitative estimate of drug-likeness (QED) is 0.689. The minimum atomic E-state index is -3.64. The molecule has 2 aliphatic heterocycles. The van der Waals surface area contributed by atoms with E-state index in [-0.39, 0.29) is 21.9 Å². The zero-order valence-electron chi connectivity index (χ0n) is 18.4. The second-order valence-corrected chi connectivity index (χ2v) is 10.7. The van der Waals surface area contributed by atoms with E-state index in [2.05, 4.69) is 15.2 Å². The van der Waals surface area contributed by atoms with Crippen LogP contribution in [0, 0.1) is 0 Å². The molecule has 2 aromatic rings. The topological polar surface area (TPSA) is 103 Å². The molecule has 0 unspecified atom stereocenters. The lowest BCUT2D eigenvalue weighted by Crippen LogP contribution is -2.36. The number of H-pyrrole nitrogens is 1. The zero-order chi connectivity index (χ0) is 22.6. The number of aromatic amines is 1. The normalized spacial score (nSPS) is 19.0. The Bertz CT molecular complexity index is 1110. The summed E-state index contributed by atoms with van der Waals surface area (Å²) in [5.41, 5.74) is 0.268. The summed E-state index contributed by atoms with van der Waals surface area (Å²) in [6.07, 6.45) is 7.61. The number of hydrogen-bond donors (Lipinski definition) is 2. The first-order valence-corrected chi connectivity index (χ1v) is 13.1. The van der Waals surface area contributed by atoms with E-state index in [1.165, 1.54) is 48.2 Å². The average molecular weight is 461 g/mol. The van der Waals surface area contributed by atoms with Crippen molar-refractivity contribution in [2.45, 2.75) is 49.8 Å². The zero-order valence-corrected chi connectivity index (χ0v) is 19.3. The van der Waals surface area contributed by atoms with Crippen LogP contribution in [0.5, 0.6) is 0 Å². The number of amides is 1. The number of aromatic nitrogens is 1. The van der Waals surface area contributed by atoms with Crippen molar-refractivity contribution in [1.82, 2.24) is 19.5 Å². The first-order valence-electron chi connectivity index (χ1n) is 11.6. The van der Waals surface area contributed by atoms with Gasteiger partial charge in [0.2, 0.25) is 15.6 Å². The lowest BCUT2D eigenvalue weighted by atomic mass is 10.1. The molecule has 0 aliphatic carbocycles. The smallest absolute Gasteiger partial charge is 0.252 e. The van der Waals surface area contributed by atoms with E-state index in [0.29, 0.717) is 30.5 Å². The number of carbonyl (C=O) groups excluding carboxylic acids is 1. The summed E-state index contributed by atoms with van der Waals surface area (Å²) in [5, 5.41) is 3.35. The fraction of sp³-hybridized carbons (Fsp3) is 0.565. The van der Waals surface area contributed by atoms with Crippen molar-refractivity contribution < 1.29 is 13.2 Å². The van der Waals surface area contributed by atoms with Crippen LogP contribution in [-0.2, 0) is 10.0 Å². The van der Waals surface area contributed by atoms with E-state index in [4.69, 9.17) is 0 Å². The van der Waals surface area contributed by atoms with Crippen LogP contribution in [0.3, 0.4) is 0 Å². The average Bonchev–Trinajstić information content (AvgIpc) is 3.07. The molecular formula is C23H32N4O4S. The van der Waals surface area contributed by atoms with E-state index in [0.717, 1.165) is 38.9 Å². The van der Waals surface area contributed by atoms with Gasteiger partial charge in [0.1, 0.15) is 0 Å². The number of carbonyl (C=O) groups is 1. The summed E-state index contributed by atoms with van der Waals surface area (Å²) in [5.74, 6) is -0.358. The summed E-state index contributed by atoms with van der Waals surface area (Å²) in [4.78, 5) is 30.3. The maximum Gasteiger partial charge on any atom is 0.252 e. The third-order valence-electron chi connectivity index (χ3n) is 6.42. The fourth-order valence-electron chi connectivity index (χ4n) is 4.62. The molecule has 8 nitrogen and oxygen atoms in total. The summed E-state index contributed by atoms with van der Waals surface area (Å²) in [6, 6.07) is 5.84. The van der Waals surface area contributed by atoms with Crippen LogP contribution in [-0.4, -0.2) is 67.8 Å². The number of pyridine rings is 1. The van der Waals surface area contributed by atoms with E-state index >= 15 is 0 Å². The SMILES string of the molecule is O=C(NCCN1CCCCCC1)c1cc(=O)[nH]c2ccc(S(=O)(=O)N3CCCCC3)cc12. The van der Waals surface area contributed by atoms with Crippen molar-refractivity contribution in [2.75, 3.05) is 39.3 Å². The minimum absolute atomic E-state index is 0.151. The third-order valence-corrected chi connectivity index (χ3v) is 8.32. The molecule has 2 aliphatic rings. The number of nitrogens with zero attached hydrogens (tertiary/aromatic N) is 2. The monoisotopic (exact) mass is 460 g/mol. The highest BCUT2D eigenvalue weighted by atomic mass is 32.2. The summed E-state index contributed by atoms with van der Waals surface area (Å²) in [6.45, 7) is 4.36. The molecule has 9 heteroatoms. The van der Waals surface area contributed by atoms with Crippen molar-refractivity contribution in [1.29, 1.82) is 0 Å². The van der Waals surface area contributed by atoms with Crippen LogP contribution < -0.4 is 10.9 Å². The van der Waals surface area contributed by atoms with Crippen LogP contribution in [0.4, 0.5) is 0 Å². The number of fused-ring (bicyclic) bond motifs is 1. The van der Waals surface area contributed by atoms with Crippen molar-refractivity contribution >= 4 is 26.8 Å². The largest absolute Gasteiger partial charge is 0.351 e. The van der Waals surface area contributed by atoms with Gasteiger partial charge in [-0.25, -0.2) is 8.42 Å². The molecule has 1 amide bonds. The van der Waals surface area contributed by atoms with Gasteiger partial charge in [0, 0.05) is 43.1 Å². The molecule has 174 valence electrons. The Hall–Kier alpha value is -2.23. The van der Waals surface area contributed by atoms with Crippen LogP contribution in [0.25, 0.3) is 10.9 Å². The molecule has 1 aromatic heterocycles. The Kier molecular flexibility index (Phi) is 7.27. The van der Waals surface area contributed by atoms with Crippen molar-refractivity contribution in [3.05, 3.63) is 40.2 Å². The van der Waals surface area contributed by atoms with Gasteiger partial charge in [0.15, 0.2) is 0 Å². The Morgan fingerprint density at radius 2 is 1.59 bits per heavy atom. The maximum absolute atomic E-state index is 13.1. The number of nitrogens with one attached hydrogen (secondary N) is 2. The Morgan fingerprint density at radius 1 is 0.938 bits per heavy atom. The standard InChI is InChI=1S/C23H32N4O4S/c28-22-17-20(23(29)24-10-15-26-11-4-1-2-5-12-26)19-16-18(8-9-21(19)25-22)32(30,31)27-13-6-3-7-14-27/h8-9,16-17H,1-7,10-15H2,(H,24,29)(H,25,28). The predicted molar refractivity (Wildman–Crippen MR) is 124 cm³/mol. The van der Waals surface area contributed by atoms with Crippen LogP contribution in [0.15, 0.2) is 34.0 Å². The lowest BCUT2D eigenvalue weighted by molar-refractivity contribution is 0.0950. The molecular weight excluding hydrogens is 428 g/mol. The molecule has 0 atom stereocenters. The molecule has 2 fully saturated rings. The number of piperidine rings is 1. The van der Waals surface area contributed by atoms with Gasteiger partial charge in [-0.3, -0.25) is 9.59 Å². The van der Waals surface area contributed by atoms with Gasteiger partial charge in [-0.1, -0.05) is 19.3 Å². The Balaban J connectivity index is 1.55. The van der Waals surface area contributed by atoms with Gasteiger partial charge in [-0.15, -0.1) is 0 Å². The van der Waals surface area contributed by atoms with Gasteiger partial charge < -0.3 is 15.2 Å². The highest BCUT2D eigenvalue weighted by Gasteiger charge is 2.26. The maximum atomic E-state index is 13.1. The summed E-state index contributed by atoms with van der Waals surface area (Å²) >= 11 is 0. The first-order chi connectivity index (χ1) is 15.4. The lowest BCUT2D eigenvalue weighted by Gasteiger charge is -2.26. The summed E-state index contributed by atoms with van der Waals surface area (Å²) in [7, 11) is -3.64. The van der Waals surface area contributed by atoms with Gasteiger partial charge in [0.25, 0.3) is 5.91 Å². The van der Waals surface area contributed by atoms with E-state index in [9.17, 15) is 18.0 Å². The molecule has 2 N–H and O–H groups in total. The van der Waals surface area contributed by atoms with Crippen LogP contribution >= 0.6 is 0 Å². The molecule has 0 radical (unpaired) electrons. The predicted octanol–water partition coefficient (Wildman–Crippen LogP) is 2.31. The number of sulfonamides is 1. The van der Waals surface area contributed by atoms with Crippen LogP contribution in [0.2, 0.25) is 0 Å². The first kappa shape index (κ1) is 22.9. The van der Waals surface area contributed by atoms with Crippen LogP contribution in [0.1, 0.15) is 55.3 Å². The second kappa shape index (κ2) is 10.1. The van der Waals surface area contributed by atoms with Crippen molar-refractivity contribution in [3.63, 3.8) is 0 Å². The number of rotatable bonds is 6. The van der Waals surface area contributed by atoms with Crippen molar-refractivity contribution in [3.8, 4) is 0 Å².